The lowest BCUT2D eigenvalue weighted by Crippen LogP contribution is -2.34. The average molecular weight is 241 g/mol. The molecule has 0 aliphatic rings. The van der Waals surface area contributed by atoms with Gasteiger partial charge in [-0.25, -0.2) is 8.42 Å². The predicted octanol–water partition coefficient (Wildman–Crippen LogP) is 2.50. The van der Waals surface area contributed by atoms with Crippen molar-refractivity contribution in [3.05, 3.63) is 30.3 Å². The number of benzene rings is 1. The van der Waals surface area contributed by atoms with Crippen LogP contribution in [0.25, 0.3) is 0 Å². The second-order valence-corrected chi connectivity index (χ2v) is 5.97. The monoisotopic (exact) mass is 241 g/mol. The first-order chi connectivity index (χ1) is 7.50. The smallest absolute Gasteiger partial charge is 0.207 e. The molecule has 0 N–H and O–H groups in total. The third kappa shape index (κ3) is 2.83. The third-order valence-corrected chi connectivity index (χ3v) is 4.73. The van der Waals surface area contributed by atoms with Crippen molar-refractivity contribution in [1.29, 1.82) is 0 Å². The second kappa shape index (κ2) is 5.46. The van der Waals surface area contributed by atoms with Gasteiger partial charge in [0, 0.05) is 13.1 Å². The van der Waals surface area contributed by atoms with E-state index in [1.807, 2.05) is 13.0 Å². The molecule has 0 spiro atoms. The Labute approximate surface area is 98.1 Å². The van der Waals surface area contributed by atoms with Gasteiger partial charge in [0.05, 0.1) is 4.90 Å². The maximum absolute atomic E-state index is 12.2. The van der Waals surface area contributed by atoms with E-state index >= 15 is 0 Å². The summed E-state index contributed by atoms with van der Waals surface area (Å²) in [6.07, 6.45) is 1.86. The summed E-state index contributed by atoms with van der Waals surface area (Å²) in [5.41, 5.74) is 0. The summed E-state index contributed by atoms with van der Waals surface area (Å²) in [6.45, 7) is 3.99. The summed E-state index contributed by atoms with van der Waals surface area (Å²) < 4.78 is 25.8. The third-order valence-electron chi connectivity index (χ3n) is 2.75. The lowest BCUT2D eigenvalue weighted by atomic mass is 10.2. The maximum atomic E-state index is 12.2. The molecule has 1 rings (SSSR count). The highest BCUT2D eigenvalue weighted by atomic mass is 32.2. The quantitative estimate of drug-likeness (QED) is 0.794. The highest BCUT2D eigenvalue weighted by molar-refractivity contribution is 7.89. The van der Waals surface area contributed by atoms with Crippen molar-refractivity contribution < 1.29 is 8.42 Å². The van der Waals surface area contributed by atoms with Gasteiger partial charge in [0.25, 0.3) is 0 Å². The molecule has 1 unspecified atom stereocenters. The maximum Gasteiger partial charge on any atom is 0.243 e. The van der Waals surface area contributed by atoms with Crippen LogP contribution in [0.4, 0.5) is 0 Å². The van der Waals surface area contributed by atoms with Crippen LogP contribution in [0.3, 0.4) is 0 Å². The van der Waals surface area contributed by atoms with Gasteiger partial charge in [0.2, 0.25) is 10.0 Å². The lowest BCUT2D eigenvalue weighted by Gasteiger charge is -2.23. The summed E-state index contributed by atoms with van der Waals surface area (Å²) in [6, 6.07) is 8.59. The van der Waals surface area contributed by atoms with E-state index in [2.05, 4.69) is 6.92 Å². The van der Waals surface area contributed by atoms with Crippen molar-refractivity contribution in [3.63, 3.8) is 0 Å². The van der Waals surface area contributed by atoms with Crippen LogP contribution in [0, 0.1) is 0 Å². The van der Waals surface area contributed by atoms with Crippen molar-refractivity contribution in [1.82, 2.24) is 4.31 Å². The molecule has 0 fully saturated rings. The molecule has 0 aliphatic carbocycles. The summed E-state index contributed by atoms with van der Waals surface area (Å²) in [5, 5.41) is 0. The van der Waals surface area contributed by atoms with Crippen molar-refractivity contribution in [3.8, 4) is 0 Å². The molecule has 4 heteroatoms. The van der Waals surface area contributed by atoms with Gasteiger partial charge in [-0.15, -0.1) is 0 Å². The molecule has 16 heavy (non-hydrogen) atoms. The summed E-state index contributed by atoms with van der Waals surface area (Å²) >= 11 is 0. The summed E-state index contributed by atoms with van der Waals surface area (Å²) in [7, 11) is -1.69. The van der Waals surface area contributed by atoms with Crippen LogP contribution in [0.15, 0.2) is 35.2 Å². The number of sulfonamides is 1. The fourth-order valence-electron chi connectivity index (χ4n) is 1.60. The van der Waals surface area contributed by atoms with E-state index in [0.717, 1.165) is 12.8 Å². The first-order valence-corrected chi connectivity index (χ1v) is 6.97. The Hall–Kier alpha value is -0.870. The van der Waals surface area contributed by atoms with E-state index in [1.165, 1.54) is 4.31 Å². The molecule has 1 aromatic carbocycles. The van der Waals surface area contributed by atoms with Crippen molar-refractivity contribution in [2.75, 3.05) is 7.05 Å². The Kier molecular flexibility index (Phi) is 4.50. The molecule has 0 amide bonds. The molecule has 0 aliphatic heterocycles. The first kappa shape index (κ1) is 13.2. The molecule has 0 saturated carbocycles. The van der Waals surface area contributed by atoms with E-state index in [9.17, 15) is 8.42 Å². The van der Waals surface area contributed by atoms with Crippen molar-refractivity contribution in [2.24, 2.45) is 0 Å². The van der Waals surface area contributed by atoms with E-state index in [1.54, 1.807) is 31.3 Å². The van der Waals surface area contributed by atoms with Crippen molar-refractivity contribution in [2.45, 2.75) is 37.6 Å². The predicted molar refractivity (Wildman–Crippen MR) is 65.8 cm³/mol. The molecule has 0 bridgehead atoms. The Bertz CT molecular complexity index is 414. The zero-order chi connectivity index (χ0) is 12.2. The molecule has 0 saturated heterocycles. The topological polar surface area (TPSA) is 37.4 Å². The largest absolute Gasteiger partial charge is 0.243 e. The van der Waals surface area contributed by atoms with Crippen LogP contribution in [0.5, 0.6) is 0 Å². The Morgan fingerprint density at radius 2 is 1.81 bits per heavy atom. The van der Waals surface area contributed by atoms with Crippen LogP contribution < -0.4 is 0 Å². The van der Waals surface area contributed by atoms with Gasteiger partial charge in [0.15, 0.2) is 0 Å². The minimum Gasteiger partial charge on any atom is -0.207 e. The number of hydrogen-bond donors (Lipinski definition) is 0. The van der Waals surface area contributed by atoms with Crippen LogP contribution in [0.1, 0.15) is 26.7 Å². The van der Waals surface area contributed by atoms with Gasteiger partial charge in [-0.2, -0.15) is 4.31 Å². The fourth-order valence-corrected chi connectivity index (χ4v) is 3.01. The van der Waals surface area contributed by atoms with E-state index in [4.69, 9.17) is 0 Å². The van der Waals surface area contributed by atoms with Gasteiger partial charge >= 0.3 is 0 Å². The van der Waals surface area contributed by atoms with Gasteiger partial charge in [-0.05, 0) is 25.5 Å². The summed E-state index contributed by atoms with van der Waals surface area (Å²) in [4.78, 5) is 0.362. The molecule has 0 heterocycles. The molecule has 1 aromatic rings. The molecule has 0 aromatic heterocycles. The molecular formula is C12H19NO2S. The Morgan fingerprint density at radius 1 is 1.25 bits per heavy atom. The average Bonchev–Trinajstić information content (AvgIpc) is 2.29. The Balaban J connectivity index is 2.95. The highest BCUT2D eigenvalue weighted by Crippen LogP contribution is 2.17. The minimum absolute atomic E-state index is 0.0372. The number of rotatable bonds is 5. The zero-order valence-corrected chi connectivity index (χ0v) is 10.9. The van der Waals surface area contributed by atoms with Gasteiger partial charge in [-0.3, -0.25) is 0 Å². The first-order valence-electron chi connectivity index (χ1n) is 5.53. The normalized spacial score (nSPS) is 14.0. The van der Waals surface area contributed by atoms with Gasteiger partial charge in [-0.1, -0.05) is 31.5 Å². The Morgan fingerprint density at radius 3 is 2.31 bits per heavy atom. The van der Waals surface area contributed by atoms with Crippen LogP contribution in [0.2, 0.25) is 0 Å². The lowest BCUT2D eigenvalue weighted by molar-refractivity contribution is 0.369. The van der Waals surface area contributed by atoms with Gasteiger partial charge in [0.1, 0.15) is 0 Å². The van der Waals surface area contributed by atoms with E-state index in [-0.39, 0.29) is 6.04 Å². The molecule has 0 radical (unpaired) electrons. The standard InChI is InChI=1S/C12H19NO2S/c1-4-8-11(2)13(3)16(14,15)12-9-6-5-7-10-12/h5-7,9-11H,4,8H2,1-3H3. The number of hydrogen-bond acceptors (Lipinski definition) is 2. The van der Waals surface area contributed by atoms with Crippen LogP contribution >= 0.6 is 0 Å². The zero-order valence-electron chi connectivity index (χ0n) is 10.1. The second-order valence-electron chi connectivity index (χ2n) is 3.97. The van der Waals surface area contributed by atoms with Gasteiger partial charge < -0.3 is 0 Å². The highest BCUT2D eigenvalue weighted by Gasteiger charge is 2.24. The molecule has 90 valence electrons. The van der Waals surface area contributed by atoms with E-state index in [0.29, 0.717) is 4.90 Å². The number of nitrogens with zero attached hydrogens (tertiary/aromatic N) is 1. The molecule has 1 atom stereocenters. The minimum atomic E-state index is -3.33. The van der Waals surface area contributed by atoms with Crippen LogP contribution in [-0.2, 0) is 10.0 Å². The van der Waals surface area contributed by atoms with Crippen LogP contribution in [-0.4, -0.2) is 25.8 Å². The van der Waals surface area contributed by atoms with E-state index < -0.39 is 10.0 Å². The molecular weight excluding hydrogens is 222 g/mol. The summed E-state index contributed by atoms with van der Waals surface area (Å²) in [5.74, 6) is 0. The molecule has 3 nitrogen and oxygen atoms in total. The SMILES string of the molecule is CCCC(C)N(C)S(=O)(=O)c1ccccc1. The fraction of sp³-hybridized carbons (Fsp3) is 0.500. The van der Waals surface area contributed by atoms with Crippen molar-refractivity contribution >= 4 is 10.0 Å².